The molecule has 0 saturated carbocycles. The zero-order valence-electron chi connectivity index (χ0n) is 15.2. The lowest BCUT2D eigenvalue weighted by atomic mass is 10.1. The molecule has 6 nitrogen and oxygen atoms in total. The number of carbonyl (C=O) groups is 2. The molecule has 0 radical (unpaired) electrons. The van der Waals surface area contributed by atoms with E-state index in [-0.39, 0.29) is 11.8 Å². The zero-order chi connectivity index (χ0) is 19.9. The SMILES string of the molecule is CCC(=O)Nc1cccc(C(=O)Nc2ncc(Cc3ccc(C#N)cc3)s2)c1. The smallest absolute Gasteiger partial charge is 0.257 e. The number of hydrogen-bond donors (Lipinski definition) is 2. The molecule has 0 spiro atoms. The lowest BCUT2D eigenvalue weighted by molar-refractivity contribution is -0.115. The highest BCUT2D eigenvalue weighted by Crippen LogP contribution is 2.22. The Balaban J connectivity index is 1.64. The lowest BCUT2D eigenvalue weighted by Gasteiger charge is -2.06. The van der Waals surface area contributed by atoms with Crippen molar-refractivity contribution in [3.63, 3.8) is 0 Å². The van der Waals surface area contributed by atoms with Crippen LogP contribution in [0.4, 0.5) is 10.8 Å². The van der Waals surface area contributed by atoms with Gasteiger partial charge in [0.15, 0.2) is 5.13 Å². The number of benzene rings is 2. The van der Waals surface area contributed by atoms with Crippen LogP contribution < -0.4 is 10.6 Å². The summed E-state index contributed by atoms with van der Waals surface area (Å²) < 4.78 is 0. The van der Waals surface area contributed by atoms with E-state index in [4.69, 9.17) is 5.26 Å². The number of nitrogens with one attached hydrogen (secondary N) is 2. The molecule has 0 aliphatic carbocycles. The molecule has 2 aromatic carbocycles. The van der Waals surface area contributed by atoms with Crippen molar-refractivity contribution in [2.45, 2.75) is 19.8 Å². The summed E-state index contributed by atoms with van der Waals surface area (Å²) in [5.74, 6) is -0.392. The number of nitriles is 1. The van der Waals surface area contributed by atoms with Gasteiger partial charge in [0, 0.05) is 35.2 Å². The second-order valence-corrected chi connectivity index (χ2v) is 7.17. The third kappa shape index (κ3) is 5.02. The zero-order valence-corrected chi connectivity index (χ0v) is 16.0. The molecule has 3 rings (SSSR count). The Bertz CT molecular complexity index is 1040. The summed E-state index contributed by atoms with van der Waals surface area (Å²) in [6.45, 7) is 1.77. The first-order valence-electron chi connectivity index (χ1n) is 8.72. The van der Waals surface area contributed by atoms with Crippen molar-refractivity contribution >= 4 is 34.0 Å². The van der Waals surface area contributed by atoms with Crippen LogP contribution in [0.3, 0.4) is 0 Å². The van der Waals surface area contributed by atoms with E-state index in [1.165, 1.54) is 11.3 Å². The fourth-order valence-corrected chi connectivity index (χ4v) is 3.34. The first-order valence-corrected chi connectivity index (χ1v) is 9.54. The van der Waals surface area contributed by atoms with Crippen molar-refractivity contribution in [2.24, 2.45) is 0 Å². The number of rotatable bonds is 6. The van der Waals surface area contributed by atoms with Crippen LogP contribution in [0.25, 0.3) is 0 Å². The lowest BCUT2D eigenvalue weighted by Crippen LogP contribution is -2.13. The highest BCUT2D eigenvalue weighted by atomic mass is 32.1. The van der Waals surface area contributed by atoms with E-state index in [1.807, 2.05) is 12.1 Å². The first kappa shape index (κ1) is 19.3. The molecule has 0 bridgehead atoms. The van der Waals surface area contributed by atoms with Gasteiger partial charge in [0.05, 0.1) is 11.6 Å². The summed E-state index contributed by atoms with van der Waals surface area (Å²) in [5.41, 5.74) is 2.72. The molecule has 1 aromatic heterocycles. The Kier molecular flexibility index (Phi) is 6.14. The normalized spacial score (nSPS) is 10.1. The number of hydrogen-bond acceptors (Lipinski definition) is 5. The van der Waals surface area contributed by atoms with E-state index in [0.717, 1.165) is 10.4 Å². The van der Waals surface area contributed by atoms with Gasteiger partial charge < -0.3 is 5.32 Å². The number of anilines is 2. The number of carbonyl (C=O) groups excluding carboxylic acids is 2. The summed E-state index contributed by atoms with van der Waals surface area (Å²) in [6, 6.07) is 16.3. The van der Waals surface area contributed by atoms with Gasteiger partial charge in [-0.25, -0.2) is 4.98 Å². The fraction of sp³-hybridized carbons (Fsp3) is 0.143. The molecule has 1 heterocycles. The molecule has 2 amide bonds. The average Bonchev–Trinajstić information content (AvgIpc) is 3.15. The average molecular weight is 390 g/mol. The molecule has 3 aromatic rings. The van der Waals surface area contributed by atoms with Gasteiger partial charge in [-0.3, -0.25) is 14.9 Å². The maximum absolute atomic E-state index is 12.5. The Morgan fingerprint density at radius 2 is 1.93 bits per heavy atom. The van der Waals surface area contributed by atoms with E-state index in [0.29, 0.717) is 34.8 Å². The second kappa shape index (κ2) is 8.93. The van der Waals surface area contributed by atoms with E-state index < -0.39 is 0 Å². The Morgan fingerprint density at radius 1 is 1.14 bits per heavy atom. The topological polar surface area (TPSA) is 94.9 Å². The van der Waals surface area contributed by atoms with E-state index >= 15 is 0 Å². The molecule has 0 fully saturated rings. The predicted molar refractivity (Wildman–Crippen MR) is 109 cm³/mol. The van der Waals surface area contributed by atoms with Crippen LogP contribution >= 0.6 is 11.3 Å². The summed E-state index contributed by atoms with van der Waals surface area (Å²) in [6.07, 6.45) is 2.78. The highest BCUT2D eigenvalue weighted by Gasteiger charge is 2.11. The molecule has 0 aliphatic heterocycles. The van der Waals surface area contributed by atoms with Crippen LogP contribution in [0.15, 0.2) is 54.7 Å². The minimum Gasteiger partial charge on any atom is -0.326 e. The molecule has 0 unspecified atom stereocenters. The van der Waals surface area contributed by atoms with Gasteiger partial charge in [-0.15, -0.1) is 11.3 Å². The molecule has 0 saturated heterocycles. The monoisotopic (exact) mass is 390 g/mol. The molecular weight excluding hydrogens is 372 g/mol. The van der Waals surface area contributed by atoms with Gasteiger partial charge in [0.25, 0.3) is 5.91 Å². The van der Waals surface area contributed by atoms with E-state index in [2.05, 4.69) is 21.7 Å². The van der Waals surface area contributed by atoms with Gasteiger partial charge in [-0.2, -0.15) is 5.26 Å². The van der Waals surface area contributed by atoms with Crippen LogP contribution in [-0.4, -0.2) is 16.8 Å². The molecule has 7 heteroatoms. The Hall–Kier alpha value is -3.50. The predicted octanol–water partition coefficient (Wildman–Crippen LogP) is 4.21. The molecule has 0 aliphatic rings. The van der Waals surface area contributed by atoms with Crippen molar-refractivity contribution in [3.8, 4) is 6.07 Å². The van der Waals surface area contributed by atoms with Crippen molar-refractivity contribution in [1.82, 2.24) is 4.98 Å². The van der Waals surface area contributed by atoms with Gasteiger partial charge >= 0.3 is 0 Å². The van der Waals surface area contributed by atoms with Gasteiger partial charge in [-0.05, 0) is 35.9 Å². The minimum atomic E-state index is -0.285. The van der Waals surface area contributed by atoms with Crippen LogP contribution in [0.1, 0.15) is 39.7 Å². The number of aromatic nitrogens is 1. The second-order valence-electron chi connectivity index (χ2n) is 6.05. The summed E-state index contributed by atoms with van der Waals surface area (Å²) in [4.78, 5) is 29.2. The number of nitrogens with zero attached hydrogens (tertiary/aromatic N) is 2. The van der Waals surface area contributed by atoms with Crippen LogP contribution in [0.2, 0.25) is 0 Å². The quantitative estimate of drug-likeness (QED) is 0.659. The first-order chi connectivity index (χ1) is 13.6. The van der Waals surface area contributed by atoms with Gasteiger partial charge in [0.2, 0.25) is 5.91 Å². The molecule has 2 N–H and O–H groups in total. The summed E-state index contributed by atoms with van der Waals surface area (Å²) >= 11 is 1.40. The molecular formula is C21H18N4O2S. The largest absolute Gasteiger partial charge is 0.326 e. The van der Waals surface area contributed by atoms with Crippen molar-refractivity contribution in [1.29, 1.82) is 5.26 Å². The summed E-state index contributed by atoms with van der Waals surface area (Å²) in [5, 5.41) is 14.9. The maximum atomic E-state index is 12.5. The number of amides is 2. The third-order valence-corrected chi connectivity index (χ3v) is 4.88. The molecule has 140 valence electrons. The maximum Gasteiger partial charge on any atom is 0.257 e. The van der Waals surface area contributed by atoms with Gasteiger partial charge in [-0.1, -0.05) is 25.1 Å². The van der Waals surface area contributed by atoms with E-state index in [9.17, 15) is 9.59 Å². The standard InChI is InChI=1S/C21H18N4O2S/c1-2-19(26)24-17-5-3-4-16(11-17)20(27)25-21-23-13-18(28-21)10-14-6-8-15(12-22)9-7-14/h3-9,11,13H,2,10H2,1H3,(H,24,26)(H,23,25,27). The van der Waals surface area contributed by atoms with Crippen molar-refractivity contribution in [3.05, 3.63) is 76.3 Å². The van der Waals surface area contributed by atoms with Crippen molar-refractivity contribution < 1.29 is 9.59 Å². The van der Waals surface area contributed by atoms with Crippen LogP contribution in [0.5, 0.6) is 0 Å². The van der Waals surface area contributed by atoms with Crippen molar-refractivity contribution in [2.75, 3.05) is 10.6 Å². The Morgan fingerprint density at radius 3 is 2.64 bits per heavy atom. The number of thiazole rings is 1. The fourth-order valence-electron chi connectivity index (χ4n) is 2.50. The minimum absolute atomic E-state index is 0.107. The van der Waals surface area contributed by atoms with Crippen LogP contribution in [0, 0.1) is 11.3 Å². The van der Waals surface area contributed by atoms with Crippen LogP contribution in [-0.2, 0) is 11.2 Å². The van der Waals surface area contributed by atoms with E-state index in [1.54, 1.807) is 49.5 Å². The molecule has 28 heavy (non-hydrogen) atoms. The Labute approximate surface area is 166 Å². The highest BCUT2D eigenvalue weighted by molar-refractivity contribution is 7.15. The molecule has 0 atom stereocenters. The summed E-state index contributed by atoms with van der Waals surface area (Å²) in [7, 11) is 0. The van der Waals surface area contributed by atoms with Gasteiger partial charge in [0.1, 0.15) is 0 Å². The third-order valence-electron chi connectivity index (χ3n) is 3.97.